The molecular formula is C20H25FN6O3S. The van der Waals surface area contributed by atoms with Crippen LogP contribution in [0.25, 0.3) is 11.1 Å². The van der Waals surface area contributed by atoms with E-state index in [1.165, 1.54) is 19.7 Å². The van der Waals surface area contributed by atoms with Crippen LogP contribution < -0.4 is 26.4 Å². The van der Waals surface area contributed by atoms with E-state index in [0.717, 1.165) is 25.7 Å². The van der Waals surface area contributed by atoms with Crippen LogP contribution in [-0.4, -0.2) is 34.6 Å². The molecule has 3 rings (SSSR count). The number of pyridine rings is 1. The minimum absolute atomic E-state index is 0.0137. The Hall–Kier alpha value is -3.05. The zero-order chi connectivity index (χ0) is 22.2. The Balaban J connectivity index is 1.81. The number of carbonyl (C=O) groups is 1. The highest BCUT2D eigenvalue weighted by Gasteiger charge is 2.18. The fraction of sp³-hybridized carbons (Fsp3) is 0.350. The maximum absolute atomic E-state index is 12.5. The maximum Gasteiger partial charge on any atom is 0.412 e. The van der Waals surface area contributed by atoms with Crippen molar-refractivity contribution in [1.82, 2.24) is 14.8 Å². The van der Waals surface area contributed by atoms with E-state index in [2.05, 4.69) is 15.4 Å². The van der Waals surface area contributed by atoms with Crippen molar-refractivity contribution in [3.63, 3.8) is 0 Å². The molecule has 5 N–H and O–H groups in total. The van der Waals surface area contributed by atoms with Crippen molar-refractivity contribution in [3.8, 4) is 22.6 Å². The zero-order valence-corrected chi connectivity index (χ0v) is 17.9. The van der Waals surface area contributed by atoms with E-state index in [1.54, 1.807) is 30.5 Å². The Kier molecular flexibility index (Phi) is 7.90. The van der Waals surface area contributed by atoms with Gasteiger partial charge in [0, 0.05) is 35.1 Å². The molecule has 9 nitrogen and oxygen atoms in total. The summed E-state index contributed by atoms with van der Waals surface area (Å²) in [7, 11) is 1.53. The number of carbonyl (C=O) groups excluding carboxylic acids is 1. The van der Waals surface area contributed by atoms with Gasteiger partial charge in [-0.1, -0.05) is 19.3 Å². The third kappa shape index (κ3) is 6.22. The predicted octanol–water partition coefficient (Wildman–Crippen LogP) is 3.51. The summed E-state index contributed by atoms with van der Waals surface area (Å²) in [5, 5.41) is 6.62. The Bertz CT molecular complexity index is 939. The molecule has 1 amide bonds. The molecule has 1 saturated carbocycles. The first-order valence-electron chi connectivity index (χ1n) is 9.80. The second kappa shape index (κ2) is 10.8. The summed E-state index contributed by atoms with van der Waals surface area (Å²) >= 11 is -0.277. The molecule has 0 unspecified atom stereocenters. The van der Waals surface area contributed by atoms with Gasteiger partial charge >= 0.3 is 6.09 Å². The number of rotatable bonds is 7. The molecule has 1 aromatic carbocycles. The molecule has 31 heavy (non-hydrogen) atoms. The molecule has 1 aliphatic rings. The van der Waals surface area contributed by atoms with Crippen LogP contribution in [0.5, 0.6) is 11.5 Å². The topological polar surface area (TPSA) is 128 Å². The molecule has 0 saturated heterocycles. The number of hydrogen-bond acceptors (Lipinski definition) is 8. The molecule has 1 heterocycles. The minimum atomic E-state index is -0.488. The first-order valence-corrected chi connectivity index (χ1v) is 10.5. The van der Waals surface area contributed by atoms with E-state index in [-0.39, 0.29) is 24.2 Å². The number of amidine groups is 1. The number of amides is 1. The molecule has 0 aliphatic heterocycles. The van der Waals surface area contributed by atoms with Crippen molar-refractivity contribution in [2.45, 2.75) is 38.1 Å². The summed E-state index contributed by atoms with van der Waals surface area (Å²) in [5.41, 5.74) is 7.59. The lowest BCUT2D eigenvalue weighted by atomic mass is 9.96. The van der Waals surface area contributed by atoms with Gasteiger partial charge in [-0.2, -0.15) is 0 Å². The largest absolute Gasteiger partial charge is 0.496 e. The van der Waals surface area contributed by atoms with Gasteiger partial charge < -0.3 is 20.5 Å². The van der Waals surface area contributed by atoms with Crippen molar-refractivity contribution in [2.75, 3.05) is 7.11 Å². The number of benzene rings is 1. The van der Waals surface area contributed by atoms with Gasteiger partial charge in [-0.25, -0.2) is 10.6 Å². The number of nitrogens with zero attached hydrogens (tertiary/aromatic N) is 3. The van der Waals surface area contributed by atoms with E-state index in [1.807, 2.05) is 0 Å². The minimum Gasteiger partial charge on any atom is -0.496 e. The number of methoxy groups -OCH3 is 1. The summed E-state index contributed by atoms with van der Waals surface area (Å²) in [6.45, 7) is 0. The van der Waals surface area contributed by atoms with Gasteiger partial charge in [-0.3, -0.25) is 4.98 Å². The lowest BCUT2D eigenvalue weighted by Crippen LogP contribution is -2.37. The summed E-state index contributed by atoms with van der Waals surface area (Å²) in [6, 6.07) is 6.88. The Morgan fingerprint density at radius 3 is 2.77 bits per heavy atom. The van der Waals surface area contributed by atoms with Crippen LogP contribution in [-0.2, 0) is 0 Å². The number of ether oxygens (including phenoxy) is 2. The molecule has 166 valence electrons. The summed E-state index contributed by atoms with van der Waals surface area (Å²) in [5.74, 6) is 6.19. The van der Waals surface area contributed by atoms with Crippen LogP contribution in [0.2, 0.25) is 0 Å². The number of halogens is 1. The monoisotopic (exact) mass is 448 g/mol. The second-order valence-corrected chi connectivity index (χ2v) is 7.56. The van der Waals surface area contributed by atoms with Crippen molar-refractivity contribution in [1.29, 1.82) is 0 Å². The van der Waals surface area contributed by atoms with Crippen LogP contribution in [0.3, 0.4) is 0 Å². The normalized spacial score (nSPS) is 14.7. The molecule has 1 aliphatic carbocycles. The van der Waals surface area contributed by atoms with Crippen LogP contribution in [0.4, 0.5) is 8.68 Å². The van der Waals surface area contributed by atoms with Crippen molar-refractivity contribution >= 4 is 24.3 Å². The molecule has 2 aromatic rings. The lowest BCUT2D eigenvalue weighted by molar-refractivity contribution is 0.192. The number of nitrogens with two attached hydrogens (primary N) is 2. The maximum atomic E-state index is 12.5. The van der Waals surface area contributed by atoms with E-state index in [0.29, 0.717) is 32.7 Å². The van der Waals surface area contributed by atoms with Crippen LogP contribution in [0.15, 0.2) is 41.8 Å². The highest BCUT2D eigenvalue weighted by atomic mass is 32.2. The van der Waals surface area contributed by atoms with Gasteiger partial charge in [-0.05, 0) is 37.1 Å². The fourth-order valence-electron chi connectivity index (χ4n) is 3.43. The standard InChI is InChI=1S/C20H25FN6O3S/c1-29-18-8-7-16(30-20(28)25-15-5-3-2-4-6-15)10-17(18)13-9-14(12-24-11-13)19(22)26-27(23)31-21/h7-12,15H,2-6,23H2,1H3,(H2,22,26)(H,25,28). The number of hydrazone groups is 1. The summed E-state index contributed by atoms with van der Waals surface area (Å²) in [4.78, 5) is 16.5. The van der Waals surface area contributed by atoms with Crippen LogP contribution in [0.1, 0.15) is 37.7 Å². The third-order valence-electron chi connectivity index (χ3n) is 4.93. The number of hydrogen-bond donors (Lipinski definition) is 3. The first kappa shape index (κ1) is 22.6. The molecule has 0 atom stereocenters. The zero-order valence-electron chi connectivity index (χ0n) is 17.1. The Morgan fingerprint density at radius 2 is 2.06 bits per heavy atom. The highest BCUT2D eigenvalue weighted by molar-refractivity contribution is 7.91. The van der Waals surface area contributed by atoms with Crippen molar-refractivity contribution in [2.24, 2.45) is 16.7 Å². The average Bonchev–Trinajstić information content (AvgIpc) is 2.79. The van der Waals surface area contributed by atoms with Crippen LogP contribution in [0, 0.1) is 0 Å². The molecule has 1 aromatic heterocycles. The highest BCUT2D eigenvalue weighted by Crippen LogP contribution is 2.33. The third-order valence-corrected chi connectivity index (χ3v) is 5.15. The fourth-order valence-corrected chi connectivity index (χ4v) is 3.55. The molecule has 1 fully saturated rings. The summed E-state index contributed by atoms with van der Waals surface area (Å²) < 4.78 is 23.9. The van der Waals surface area contributed by atoms with E-state index in [4.69, 9.17) is 21.1 Å². The van der Waals surface area contributed by atoms with Gasteiger partial charge in [-0.15, -0.1) is 13.5 Å². The number of nitrogens with one attached hydrogen (secondary N) is 1. The van der Waals surface area contributed by atoms with Gasteiger partial charge in [0.05, 0.1) is 7.11 Å². The molecule has 11 heteroatoms. The Morgan fingerprint density at radius 1 is 1.29 bits per heavy atom. The van der Waals surface area contributed by atoms with E-state index < -0.39 is 6.09 Å². The lowest BCUT2D eigenvalue weighted by Gasteiger charge is -2.22. The molecule has 0 spiro atoms. The second-order valence-electron chi connectivity index (χ2n) is 7.05. The SMILES string of the molecule is COc1ccc(OC(=O)NC2CCCCC2)cc1-c1cncc(/C(N)=N/N(N)SF)c1. The van der Waals surface area contributed by atoms with E-state index in [9.17, 15) is 8.68 Å². The number of aromatic nitrogens is 1. The predicted molar refractivity (Wildman–Crippen MR) is 118 cm³/mol. The quantitative estimate of drug-likeness (QED) is 0.193. The Labute approximate surface area is 184 Å². The van der Waals surface area contributed by atoms with Gasteiger partial charge in [0.2, 0.25) is 0 Å². The first-order chi connectivity index (χ1) is 15.0. The van der Waals surface area contributed by atoms with Crippen molar-refractivity contribution < 1.29 is 18.2 Å². The van der Waals surface area contributed by atoms with E-state index >= 15 is 0 Å². The van der Waals surface area contributed by atoms with Gasteiger partial charge in [0.15, 0.2) is 18.2 Å². The van der Waals surface area contributed by atoms with Gasteiger partial charge in [0.25, 0.3) is 0 Å². The van der Waals surface area contributed by atoms with Crippen molar-refractivity contribution in [3.05, 3.63) is 42.2 Å². The molecule has 0 bridgehead atoms. The van der Waals surface area contributed by atoms with Crippen LogP contribution >= 0.6 is 12.3 Å². The summed E-state index contributed by atoms with van der Waals surface area (Å²) in [6.07, 6.45) is 7.94. The molecular weight excluding hydrogens is 423 g/mol. The average molecular weight is 449 g/mol. The van der Waals surface area contributed by atoms with Gasteiger partial charge in [0.1, 0.15) is 11.5 Å². The number of hydrazine groups is 1. The smallest absolute Gasteiger partial charge is 0.412 e. The molecule has 0 radical (unpaired) electrons.